The van der Waals surface area contributed by atoms with E-state index >= 15 is 0 Å². The van der Waals surface area contributed by atoms with Gasteiger partial charge in [0.05, 0.1) is 17.7 Å². The number of halogens is 1. The second-order valence-electron chi connectivity index (χ2n) is 4.63. The molecule has 8 heteroatoms. The topological polar surface area (TPSA) is 72.5 Å². The fourth-order valence-corrected chi connectivity index (χ4v) is 3.98. The summed E-state index contributed by atoms with van der Waals surface area (Å²) in [6.07, 6.45) is 0. The van der Waals surface area contributed by atoms with Crippen molar-refractivity contribution in [3.05, 3.63) is 45.4 Å². The van der Waals surface area contributed by atoms with Gasteiger partial charge < -0.3 is 4.74 Å². The van der Waals surface area contributed by atoms with Crippen molar-refractivity contribution in [1.82, 2.24) is 0 Å². The molecule has 0 saturated heterocycles. The molecule has 0 spiro atoms. The van der Waals surface area contributed by atoms with Gasteiger partial charge in [-0.2, -0.15) is 0 Å². The summed E-state index contributed by atoms with van der Waals surface area (Å²) in [7, 11) is -2.71. The van der Waals surface area contributed by atoms with Crippen molar-refractivity contribution in [2.45, 2.75) is 18.7 Å². The molecular weight excluding hydrogens is 329 g/mol. The molecule has 0 atom stereocenters. The Morgan fingerprint density at radius 3 is 2.41 bits per heavy atom. The summed E-state index contributed by atoms with van der Waals surface area (Å²) in [6, 6.07) is 3.96. The maximum absolute atomic E-state index is 13.6. The quantitative estimate of drug-likeness (QED) is 0.866. The van der Waals surface area contributed by atoms with Crippen LogP contribution in [0.25, 0.3) is 0 Å². The molecule has 0 radical (unpaired) electrons. The van der Waals surface area contributed by atoms with Crippen molar-refractivity contribution in [2.24, 2.45) is 0 Å². The second kappa shape index (κ2) is 6.05. The van der Waals surface area contributed by atoms with Crippen LogP contribution in [-0.2, 0) is 14.8 Å². The van der Waals surface area contributed by atoms with Gasteiger partial charge in [0.25, 0.3) is 10.0 Å². The van der Waals surface area contributed by atoms with Crippen LogP contribution in [0.1, 0.15) is 20.8 Å². The van der Waals surface area contributed by atoms with Gasteiger partial charge in [-0.05, 0) is 48.6 Å². The zero-order valence-electron chi connectivity index (χ0n) is 12.1. The highest BCUT2D eigenvalue weighted by molar-refractivity contribution is 7.92. The molecule has 0 aliphatic rings. The number of sulfonamides is 1. The first-order valence-corrected chi connectivity index (χ1v) is 8.58. The fraction of sp³-hybridized carbons (Fsp3) is 0.214. The van der Waals surface area contributed by atoms with Gasteiger partial charge in [0.15, 0.2) is 0 Å². The molecule has 1 aromatic heterocycles. The largest absolute Gasteiger partial charge is 0.465 e. The average Bonchev–Trinajstić information content (AvgIpc) is 2.90. The molecule has 1 N–H and O–H groups in total. The Balaban J connectivity index is 2.41. The summed E-state index contributed by atoms with van der Waals surface area (Å²) >= 11 is 1.07. The minimum absolute atomic E-state index is 0.0640. The summed E-state index contributed by atoms with van der Waals surface area (Å²) in [5.41, 5.74) is 0.606. The number of hydrogen-bond acceptors (Lipinski definition) is 5. The van der Waals surface area contributed by atoms with E-state index in [0.29, 0.717) is 0 Å². The number of esters is 1. The molecule has 0 unspecified atom stereocenters. The van der Waals surface area contributed by atoms with Gasteiger partial charge in [-0.25, -0.2) is 17.6 Å². The summed E-state index contributed by atoms with van der Waals surface area (Å²) in [5, 5.41) is 1.57. The van der Waals surface area contributed by atoms with Crippen LogP contribution in [0.5, 0.6) is 0 Å². The molecule has 2 rings (SSSR count). The Labute approximate surface area is 131 Å². The number of carbonyl (C=O) groups excluding carboxylic acids is 1. The van der Waals surface area contributed by atoms with Crippen molar-refractivity contribution >= 4 is 33.0 Å². The van der Waals surface area contributed by atoms with Crippen LogP contribution >= 0.6 is 11.3 Å². The van der Waals surface area contributed by atoms with Crippen LogP contribution in [0.3, 0.4) is 0 Å². The molecule has 5 nitrogen and oxygen atoms in total. The molecule has 0 amide bonds. The number of benzene rings is 1. The van der Waals surface area contributed by atoms with E-state index in [1.807, 2.05) is 0 Å². The number of methoxy groups -OCH3 is 1. The van der Waals surface area contributed by atoms with Crippen LogP contribution in [-0.4, -0.2) is 21.5 Å². The van der Waals surface area contributed by atoms with Crippen LogP contribution in [0.4, 0.5) is 10.1 Å². The maximum atomic E-state index is 13.6. The SMILES string of the molecule is COC(=O)c1sccc1NS(=O)(=O)c1cc(C)c(F)c(C)c1. The summed E-state index contributed by atoms with van der Waals surface area (Å²) < 4.78 is 45.3. The highest BCUT2D eigenvalue weighted by Crippen LogP contribution is 2.27. The van der Waals surface area contributed by atoms with E-state index in [-0.39, 0.29) is 26.6 Å². The van der Waals surface area contributed by atoms with E-state index < -0.39 is 21.8 Å². The molecule has 1 aromatic carbocycles. The Morgan fingerprint density at radius 2 is 1.86 bits per heavy atom. The summed E-state index contributed by atoms with van der Waals surface area (Å²) in [6.45, 7) is 2.98. The molecular formula is C14H14FNO4S2. The number of aryl methyl sites for hydroxylation is 2. The van der Waals surface area contributed by atoms with Crippen molar-refractivity contribution < 1.29 is 22.3 Å². The van der Waals surface area contributed by atoms with Crippen LogP contribution in [0.15, 0.2) is 28.5 Å². The highest BCUT2D eigenvalue weighted by atomic mass is 32.2. The molecule has 118 valence electrons. The predicted octanol–water partition coefficient (Wildman–Crippen LogP) is 3.09. The van der Waals surface area contributed by atoms with Gasteiger partial charge in [0.2, 0.25) is 0 Å². The van der Waals surface area contributed by atoms with E-state index in [2.05, 4.69) is 9.46 Å². The van der Waals surface area contributed by atoms with E-state index in [4.69, 9.17) is 0 Å². The third-order valence-electron chi connectivity index (χ3n) is 3.00. The highest BCUT2D eigenvalue weighted by Gasteiger charge is 2.21. The van der Waals surface area contributed by atoms with Gasteiger partial charge in [-0.15, -0.1) is 11.3 Å². The van der Waals surface area contributed by atoms with Crippen LogP contribution in [0, 0.1) is 19.7 Å². The van der Waals surface area contributed by atoms with Gasteiger partial charge in [-0.3, -0.25) is 4.72 Å². The number of ether oxygens (including phenoxy) is 1. The molecule has 0 aliphatic carbocycles. The Kier molecular flexibility index (Phi) is 4.52. The van der Waals surface area contributed by atoms with Gasteiger partial charge in [0.1, 0.15) is 10.7 Å². The fourth-order valence-electron chi connectivity index (χ4n) is 1.91. The molecule has 0 bridgehead atoms. The molecule has 0 saturated carbocycles. The molecule has 22 heavy (non-hydrogen) atoms. The second-order valence-corrected chi connectivity index (χ2v) is 7.23. The first-order chi connectivity index (χ1) is 10.3. The standard InChI is InChI=1S/C14H14FNO4S2/c1-8-6-10(7-9(2)12(8)15)22(18,19)16-11-4-5-21-13(11)14(17)20-3/h4-7,16H,1-3H3. The van der Waals surface area contributed by atoms with Crippen molar-refractivity contribution in [3.63, 3.8) is 0 Å². The predicted molar refractivity (Wildman–Crippen MR) is 82.3 cm³/mol. The Bertz CT molecular complexity index is 804. The number of thiophene rings is 1. The molecule has 0 fully saturated rings. The van der Waals surface area contributed by atoms with E-state index in [1.54, 1.807) is 5.38 Å². The van der Waals surface area contributed by atoms with Gasteiger partial charge in [-0.1, -0.05) is 0 Å². The lowest BCUT2D eigenvalue weighted by atomic mass is 10.1. The molecule has 0 aliphatic heterocycles. The third-order valence-corrected chi connectivity index (χ3v) is 5.24. The number of carbonyl (C=O) groups is 1. The third kappa shape index (κ3) is 3.12. The Morgan fingerprint density at radius 1 is 1.27 bits per heavy atom. The van der Waals surface area contributed by atoms with Gasteiger partial charge in [0, 0.05) is 0 Å². The molecule has 2 aromatic rings. The van der Waals surface area contributed by atoms with E-state index in [9.17, 15) is 17.6 Å². The van der Waals surface area contributed by atoms with Gasteiger partial charge >= 0.3 is 5.97 Å². The summed E-state index contributed by atoms with van der Waals surface area (Å²) in [4.78, 5) is 11.7. The number of anilines is 1. The average molecular weight is 343 g/mol. The monoisotopic (exact) mass is 343 g/mol. The summed E-state index contributed by atoms with van der Waals surface area (Å²) in [5.74, 6) is -1.07. The zero-order valence-corrected chi connectivity index (χ0v) is 13.8. The molecule has 1 heterocycles. The van der Waals surface area contributed by atoms with Crippen molar-refractivity contribution in [1.29, 1.82) is 0 Å². The van der Waals surface area contributed by atoms with Crippen molar-refractivity contribution in [3.8, 4) is 0 Å². The van der Waals surface area contributed by atoms with Crippen LogP contribution < -0.4 is 4.72 Å². The zero-order chi connectivity index (χ0) is 16.5. The Hall–Kier alpha value is -1.93. The smallest absolute Gasteiger partial charge is 0.350 e. The minimum Gasteiger partial charge on any atom is -0.465 e. The number of rotatable bonds is 4. The number of hydrogen-bond donors (Lipinski definition) is 1. The van der Waals surface area contributed by atoms with E-state index in [1.165, 1.54) is 39.2 Å². The first-order valence-electron chi connectivity index (χ1n) is 6.21. The minimum atomic E-state index is -3.93. The maximum Gasteiger partial charge on any atom is 0.350 e. The lowest BCUT2D eigenvalue weighted by molar-refractivity contribution is 0.0607. The lowest BCUT2D eigenvalue weighted by Gasteiger charge is -2.10. The first kappa shape index (κ1) is 16.4. The van der Waals surface area contributed by atoms with Crippen LogP contribution in [0.2, 0.25) is 0 Å². The normalized spacial score (nSPS) is 11.3. The lowest BCUT2D eigenvalue weighted by Crippen LogP contribution is -2.15. The van der Waals surface area contributed by atoms with E-state index in [0.717, 1.165) is 11.3 Å². The number of nitrogens with one attached hydrogen (secondary N) is 1. The van der Waals surface area contributed by atoms with Crippen molar-refractivity contribution in [2.75, 3.05) is 11.8 Å².